The maximum absolute atomic E-state index is 4.64. The van der Waals surface area contributed by atoms with Gasteiger partial charge in [-0.1, -0.05) is 31.4 Å². The van der Waals surface area contributed by atoms with E-state index in [2.05, 4.69) is 37.2 Å². The fourth-order valence-corrected chi connectivity index (χ4v) is 1.86. The van der Waals surface area contributed by atoms with Crippen LogP contribution < -0.4 is 0 Å². The number of fused-ring (bicyclic) bond motifs is 1. The summed E-state index contributed by atoms with van der Waals surface area (Å²) >= 11 is 0. The summed E-state index contributed by atoms with van der Waals surface area (Å²) in [5.74, 6) is 0. The van der Waals surface area contributed by atoms with Gasteiger partial charge in [-0.05, 0) is 37.1 Å². The van der Waals surface area contributed by atoms with E-state index in [0.29, 0.717) is 0 Å². The average Bonchev–Trinajstić information content (AvgIpc) is 2.28. The molecule has 0 aliphatic carbocycles. The number of pyridine rings is 1. The summed E-state index contributed by atoms with van der Waals surface area (Å²) in [6.07, 6.45) is 1.84. The molecule has 0 aliphatic heterocycles. The van der Waals surface area contributed by atoms with Crippen molar-refractivity contribution in [3.8, 4) is 0 Å². The summed E-state index contributed by atoms with van der Waals surface area (Å²) < 4.78 is 0. The zero-order valence-corrected chi connectivity index (χ0v) is 9.75. The summed E-state index contributed by atoms with van der Waals surface area (Å²) in [6, 6.07) is 8.29. The van der Waals surface area contributed by atoms with Crippen molar-refractivity contribution in [2.24, 2.45) is 0 Å². The summed E-state index contributed by atoms with van der Waals surface area (Å²) in [5, 5.41) is 1.18. The van der Waals surface area contributed by atoms with E-state index < -0.39 is 0 Å². The van der Waals surface area contributed by atoms with Crippen molar-refractivity contribution >= 4 is 22.6 Å². The summed E-state index contributed by atoms with van der Waals surface area (Å²) in [4.78, 5) is 4.64. The van der Waals surface area contributed by atoms with Gasteiger partial charge < -0.3 is 0 Å². The van der Waals surface area contributed by atoms with Crippen LogP contribution >= 0.6 is 0 Å². The Morgan fingerprint density at radius 1 is 1.38 bits per heavy atom. The molecule has 1 heteroatoms. The third kappa shape index (κ3) is 1.65. The van der Waals surface area contributed by atoms with Gasteiger partial charge in [-0.3, -0.25) is 0 Å². The van der Waals surface area contributed by atoms with Gasteiger partial charge in [-0.25, -0.2) is 4.98 Å². The van der Waals surface area contributed by atoms with E-state index in [-0.39, 0.29) is 0 Å². The van der Waals surface area contributed by atoms with Gasteiger partial charge >= 0.3 is 0 Å². The molecule has 1 aromatic carbocycles. The van der Waals surface area contributed by atoms with E-state index in [9.17, 15) is 0 Å². The topological polar surface area (TPSA) is 12.9 Å². The van der Waals surface area contributed by atoms with Crippen LogP contribution in [-0.4, -0.2) is 4.98 Å². The van der Waals surface area contributed by atoms with E-state index in [0.717, 1.165) is 22.3 Å². The molecule has 16 heavy (non-hydrogen) atoms. The Balaban J connectivity index is 2.85. The highest BCUT2D eigenvalue weighted by Gasteiger charge is 2.06. The minimum Gasteiger partial charge on any atom is -0.248 e. The Kier molecular flexibility index (Phi) is 2.61. The van der Waals surface area contributed by atoms with Gasteiger partial charge in [0.15, 0.2) is 0 Å². The van der Waals surface area contributed by atoms with Crippen LogP contribution in [-0.2, 0) is 0 Å². The van der Waals surface area contributed by atoms with Crippen molar-refractivity contribution < 1.29 is 0 Å². The fourth-order valence-electron chi connectivity index (χ4n) is 1.86. The van der Waals surface area contributed by atoms with Gasteiger partial charge in [0, 0.05) is 10.9 Å². The van der Waals surface area contributed by atoms with Crippen molar-refractivity contribution in [2.45, 2.75) is 13.8 Å². The monoisotopic (exact) mass is 209 g/mol. The zero-order chi connectivity index (χ0) is 11.7. The Bertz CT molecular complexity index is 579. The first-order valence-electron chi connectivity index (χ1n) is 5.32. The maximum Gasteiger partial charge on any atom is 0.0732 e. The molecule has 0 atom stereocenters. The molecule has 0 amide bonds. The van der Waals surface area contributed by atoms with Gasteiger partial charge in [0.2, 0.25) is 0 Å². The fraction of sp³-hybridized carbons (Fsp3) is 0.133. The Morgan fingerprint density at radius 3 is 2.75 bits per heavy atom. The lowest BCUT2D eigenvalue weighted by molar-refractivity contribution is 1.31. The van der Waals surface area contributed by atoms with Crippen molar-refractivity contribution in [1.82, 2.24) is 4.98 Å². The number of rotatable bonds is 2. The predicted octanol–water partition coefficient (Wildman–Crippen LogP) is 4.22. The maximum atomic E-state index is 4.64. The van der Waals surface area contributed by atoms with E-state index in [1.807, 2.05) is 25.1 Å². The molecular formula is C15H15N. The number of allylic oxidation sites excluding steroid dienone is 1. The molecule has 0 bridgehead atoms. The Hall–Kier alpha value is -1.89. The van der Waals surface area contributed by atoms with Crippen molar-refractivity contribution in [3.05, 3.63) is 54.2 Å². The molecule has 1 aromatic heterocycles. The van der Waals surface area contributed by atoms with Crippen LogP contribution in [0.4, 0.5) is 0 Å². The summed E-state index contributed by atoms with van der Waals surface area (Å²) in [7, 11) is 0. The van der Waals surface area contributed by atoms with Gasteiger partial charge in [0.05, 0.1) is 11.2 Å². The number of hydrogen-bond donors (Lipinski definition) is 0. The molecule has 1 heterocycles. The first-order chi connectivity index (χ1) is 7.63. The largest absolute Gasteiger partial charge is 0.248 e. The molecule has 0 N–H and O–H groups in total. The minimum atomic E-state index is 0.938. The molecule has 2 rings (SSSR count). The van der Waals surface area contributed by atoms with E-state index in [1.165, 1.54) is 10.9 Å². The highest BCUT2D eigenvalue weighted by atomic mass is 14.7. The molecule has 0 aliphatic rings. The van der Waals surface area contributed by atoms with Crippen LogP contribution in [0.3, 0.4) is 0 Å². The number of hydrogen-bond acceptors (Lipinski definition) is 1. The molecule has 2 aromatic rings. The van der Waals surface area contributed by atoms with Gasteiger partial charge in [0.25, 0.3) is 0 Å². The molecule has 0 fully saturated rings. The first kappa shape index (κ1) is 10.6. The van der Waals surface area contributed by atoms with Crippen LogP contribution in [0, 0.1) is 6.92 Å². The smallest absolute Gasteiger partial charge is 0.0732 e. The average molecular weight is 209 g/mol. The molecular weight excluding hydrogens is 194 g/mol. The van der Waals surface area contributed by atoms with Gasteiger partial charge in [-0.2, -0.15) is 0 Å². The van der Waals surface area contributed by atoms with E-state index >= 15 is 0 Å². The highest BCUT2D eigenvalue weighted by molar-refractivity contribution is 5.87. The van der Waals surface area contributed by atoms with E-state index in [4.69, 9.17) is 0 Å². The van der Waals surface area contributed by atoms with Crippen LogP contribution in [0.25, 0.3) is 22.6 Å². The van der Waals surface area contributed by atoms with Crippen LogP contribution in [0.1, 0.15) is 23.7 Å². The lowest BCUT2D eigenvalue weighted by Crippen LogP contribution is -1.93. The van der Waals surface area contributed by atoms with Gasteiger partial charge in [0.1, 0.15) is 0 Å². The molecule has 0 saturated carbocycles. The van der Waals surface area contributed by atoms with E-state index in [1.54, 1.807) is 0 Å². The second-order valence-corrected chi connectivity index (χ2v) is 4.05. The zero-order valence-electron chi connectivity index (χ0n) is 9.75. The highest BCUT2D eigenvalue weighted by Crippen LogP contribution is 2.24. The predicted molar refractivity (Wildman–Crippen MR) is 71.3 cm³/mol. The standard InChI is InChI=1S/C15H15N/c1-5-12-9-13-11(4)7-6-8-14(13)16-15(12)10(2)3/h5-9H,1-2H2,3-4H3. The SMILES string of the molecule is C=Cc1cc2c(C)cccc2nc1C(=C)C. The lowest BCUT2D eigenvalue weighted by atomic mass is 10.0. The molecule has 80 valence electrons. The molecule has 0 saturated heterocycles. The quantitative estimate of drug-likeness (QED) is 0.721. The van der Waals surface area contributed by atoms with Crippen LogP contribution in [0.2, 0.25) is 0 Å². The number of benzene rings is 1. The minimum absolute atomic E-state index is 0.938. The second kappa shape index (κ2) is 3.93. The number of aryl methyl sites for hydroxylation is 1. The Morgan fingerprint density at radius 2 is 2.12 bits per heavy atom. The molecule has 1 nitrogen and oxygen atoms in total. The molecule has 0 spiro atoms. The Labute approximate surface area is 96.1 Å². The van der Waals surface area contributed by atoms with Crippen LogP contribution in [0.15, 0.2) is 37.4 Å². The second-order valence-electron chi connectivity index (χ2n) is 4.05. The van der Waals surface area contributed by atoms with Crippen molar-refractivity contribution in [2.75, 3.05) is 0 Å². The first-order valence-corrected chi connectivity index (χ1v) is 5.32. The van der Waals surface area contributed by atoms with Crippen molar-refractivity contribution in [3.63, 3.8) is 0 Å². The van der Waals surface area contributed by atoms with Gasteiger partial charge in [-0.15, -0.1) is 0 Å². The lowest BCUT2D eigenvalue weighted by Gasteiger charge is -2.08. The third-order valence-electron chi connectivity index (χ3n) is 2.73. The number of nitrogens with zero attached hydrogens (tertiary/aromatic N) is 1. The van der Waals surface area contributed by atoms with Crippen LogP contribution in [0.5, 0.6) is 0 Å². The normalized spacial score (nSPS) is 10.4. The number of aromatic nitrogens is 1. The summed E-state index contributed by atoms with van der Waals surface area (Å²) in [6.45, 7) is 11.8. The van der Waals surface area contributed by atoms with Crippen molar-refractivity contribution in [1.29, 1.82) is 0 Å². The third-order valence-corrected chi connectivity index (χ3v) is 2.73. The molecule has 0 radical (unpaired) electrons. The summed E-state index contributed by atoms with van der Waals surface area (Å²) in [5.41, 5.74) is 5.21. The molecule has 0 unspecified atom stereocenters.